The Kier molecular flexibility index (Phi) is 11.4. The van der Waals surface area contributed by atoms with Gasteiger partial charge in [0.1, 0.15) is 12.6 Å². The molecule has 1 N–H and O–H groups in total. The van der Waals surface area contributed by atoms with Crippen LogP contribution >= 0.6 is 0 Å². The van der Waals surface area contributed by atoms with Crippen LogP contribution in [0.15, 0.2) is 108 Å². The first-order valence-corrected chi connectivity index (χ1v) is 16.5. The van der Waals surface area contributed by atoms with E-state index in [9.17, 15) is 18.0 Å². The SMILES string of the molecule is COc1ccc(S(=O)(=O)N(CC(=O)N(Cc2ccccc2)C(Cc2ccccc2)C(=O)NC(C)C)c2ccc(C)cc2)cc1OC. The van der Waals surface area contributed by atoms with E-state index in [2.05, 4.69) is 5.32 Å². The normalized spacial score (nSPS) is 11.9. The topological polar surface area (TPSA) is 105 Å². The van der Waals surface area contributed by atoms with Gasteiger partial charge in [-0.15, -0.1) is 0 Å². The Morgan fingerprint density at radius 3 is 1.93 bits per heavy atom. The van der Waals surface area contributed by atoms with Crippen molar-refractivity contribution in [3.63, 3.8) is 0 Å². The van der Waals surface area contributed by atoms with E-state index in [0.29, 0.717) is 11.4 Å². The van der Waals surface area contributed by atoms with Crippen molar-refractivity contribution < 1.29 is 27.5 Å². The summed E-state index contributed by atoms with van der Waals surface area (Å²) in [4.78, 5) is 29.7. The van der Waals surface area contributed by atoms with Gasteiger partial charge in [-0.1, -0.05) is 78.4 Å². The highest BCUT2D eigenvalue weighted by Gasteiger charge is 2.35. The van der Waals surface area contributed by atoms with E-state index in [1.165, 1.54) is 37.3 Å². The number of amides is 2. The van der Waals surface area contributed by atoms with Crippen LogP contribution in [-0.4, -0.2) is 58.0 Å². The highest BCUT2D eigenvalue weighted by Crippen LogP contribution is 2.32. The van der Waals surface area contributed by atoms with Crippen molar-refractivity contribution in [2.24, 2.45) is 0 Å². The second-order valence-electron chi connectivity index (χ2n) is 11.2. The van der Waals surface area contributed by atoms with Crippen LogP contribution in [0.5, 0.6) is 11.5 Å². The third-order valence-corrected chi connectivity index (χ3v) is 9.21. The lowest BCUT2D eigenvalue weighted by atomic mass is 10.0. The van der Waals surface area contributed by atoms with Crippen molar-refractivity contribution in [1.82, 2.24) is 10.2 Å². The fourth-order valence-corrected chi connectivity index (χ4v) is 6.49. The number of sulfonamides is 1. The maximum atomic E-state index is 14.5. The molecule has 0 aliphatic rings. The largest absolute Gasteiger partial charge is 0.493 e. The summed E-state index contributed by atoms with van der Waals surface area (Å²) in [6.45, 7) is 5.16. The standard InChI is InChI=1S/C36H41N3O6S/c1-26(2)37-36(41)32(22-28-12-8-6-9-13-28)38(24-29-14-10-7-11-15-29)35(40)25-39(30-18-16-27(3)17-19-30)46(42,43)31-20-21-33(44-4)34(23-31)45-5/h6-21,23,26,32H,22,24-25H2,1-5H3,(H,37,41). The van der Waals surface area contributed by atoms with E-state index in [-0.39, 0.29) is 35.6 Å². The highest BCUT2D eigenvalue weighted by molar-refractivity contribution is 7.92. The van der Waals surface area contributed by atoms with Crippen LogP contribution in [-0.2, 0) is 32.6 Å². The van der Waals surface area contributed by atoms with Crippen molar-refractivity contribution >= 4 is 27.5 Å². The Balaban J connectivity index is 1.81. The summed E-state index contributed by atoms with van der Waals surface area (Å²) in [6.07, 6.45) is 0.241. The van der Waals surface area contributed by atoms with Crippen LogP contribution in [0.25, 0.3) is 0 Å². The third-order valence-electron chi connectivity index (χ3n) is 7.44. The quantitative estimate of drug-likeness (QED) is 0.198. The average Bonchev–Trinajstić information content (AvgIpc) is 3.05. The first kappa shape index (κ1) is 34.1. The molecule has 1 atom stereocenters. The number of nitrogens with zero attached hydrogens (tertiary/aromatic N) is 2. The van der Waals surface area contributed by atoms with Crippen LogP contribution in [0.4, 0.5) is 5.69 Å². The summed E-state index contributed by atoms with van der Waals surface area (Å²) in [5, 5.41) is 2.96. The molecule has 242 valence electrons. The molecule has 4 aromatic carbocycles. The average molecular weight is 644 g/mol. The molecular formula is C36H41N3O6S. The fraction of sp³-hybridized carbons (Fsp3) is 0.278. The Labute approximate surface area is 271 Å². The number of carbonyl (C=O) groups is 2. The second kappa shape index (κ2) is 15.4. The zero-order valence-corrected chi connectivity index (χ0v) is 27.7. The molecule has 0 radical (unpaired) electrons. The molecule has 0 heterocycles. The molecule has 0 saturated carbocycles. The molecule has 0 saturated heterocycles. The zero-order chi connectivity index (χ0) is 33.3. The summed E-state index contributed by atoms with van der Waals surface area (Å²) in [6, 6.07) is 28.9. The fourth-order valence-electron chi connectivity index (χ4n) is 5.06. The minimum atomic E-state index is -4.30. The molecule has 0 aliphatic carbocycles. The number of hydrogen-bond acceptors (Lipinski definition) is 6. The van der Waals surface area contributed by atoms with Gasteiger partial charge in [0.05, 0.1) is 24.8 Å². The lowest BCUT2D eigenvalue weighted by Gasteiger charge is -2.34. The van der Waals surface area contributed by atoms with E-state index in [4.69, 9.17) is 9.47 Å². The Morgan fingerprint density at radius 2 is 1.37 bits per heavy atom. The lowest BCUT2D eigenvalue weighted by molar-refractivity contribution is -0.140. The van der Waals surface area contributed by atoms with Gasteiger partial charge in [0, 0.05) is 25.1 Å². The van der Waals surface area contributed by atoms with E-state index >= 15 is 0 Å². The predicted molar refractivity (Wildman–Crippen MR) is 179 cm³/mol. The van der Waals surface area contributed by atoms with Crippen molar-refractivity contribution in [3.05, 3.63) is 120 Å². The van der Waals surface area contributed by atoms with Gasteiger partial charge < -0.3 is 19.7 Å². The van der Waals surface area contributed by atoms with Crippen molar-refractivity contribution in [2.45, 2.75) is 50.7 Å². The molecule has 46 heavy (non-hydrogen) atoms. The summed E-state index contributed by atoms with van der Waals surface area (Å²) >= 11 is 0. The first-order chi connectivity index (χ1) is 22.0. The van der Waals surface area contributed by atoms with Crippen LogP contribution < -0.4 is 19.1 Å². The molecule has 10 heteroatoms. The number of ether oxygens (including phenoxy) is 2. The van der Waals surface area contributed by atoms with Crippen molar-refractivity contribution in [1.29, 1.82) is 0 Å². The number of benzene rings is 4. The van der Waals surface area contributed by atoms with Crippen LogP contribution in [0, 0.1) is 6.92 Å². The van der Waals surface area contributed by atoms with Gasteiger partial charge in [0.2, 0.25) is 11.8 Å². The molecule has 0 aromatic heterocycles. The summed E-state index contributed by atoms with van der Waals surface area (Å²) in [7, 11) is -1.41. The van der Waals surface area contributed by atoms with E-state index < -0.39 is 28.5 Å². The van der Waals surface area contributed by atoms with Crippen molar-refractivity contribution in [3.8, 4) is 11.5 Å². The molecule has 0 spiro atoms. The Hall–Kier alpha value is -4.83. The number of aryl methyl sites for hydroxylation is 1. The maximum Gasteiger partial charge on any atom is 0.264 e. The van der Waals surface area contributed by atoms with E-state index in [1.54, 1.807) is 24.3 Å². The van der Waals surface area contributed by atoms with Gasteiger partial charge in [0.15, 0.2) is 11.5 Å². The monoisotopic (exact) mass is 643 g/mol. The van der Waals surface area contributed by atoms with E-state index in [0.717, 1.165) is 21.0 Å². The Morgan fingerprint density at radius 1 is 0.783 bits per heavy atom. The van der Waals surface area contributed by atoms with Gasteiger partial charge in [-0.2, -0.15) is 0 Å². The minimum absolute atomic E-state index is 0.0773. The summed E-state index contributed by atoms with van der Waals surface area (Å²) in [5.41, 5.74) is 2.90. The number of rotatable bonds is 14. The number of hydrogen-bond donors (Lipinski definition) is 1. The molecule has 4 rings (SSSR count). The van der Waals surface area contributed by atoms with E-state index in [1.807, 2.05) is 81.4 Å². The van der Waals surface area contributed by atoms with Gasteiger partial charge >= 0.3 is 0 Å². The summed E-state index contributed by atoms with van der Waals surface area (Å²) in [5.74, 6) is -0.257. The third kappa shape index (κ3) is 8.45. The van der Waals surface area contributed by atoms with Gasteiger partial charge in [-0.3, -0.25) is 13.9 Å². The van der Waals surface area contributed by atoms with Crippen molar-refractivity contribution in [2.75, 3.05) is 25.1 Å². The van der Waals surface area contributed by atoms with Crippen LogP contribution in [0.2, 0.25) is 0 Å². The van der Waals surface area contributed by atoms with Crippen LogP contribution in [0.3, 0.4) is 0 Å². The smallest absolute Gasteiger partial charge is 0.264 e. The Bertz CT molecular complexity index is 1710. The maximum absolute atomic E-state index is 14.5. The highest BCUT2D eigenvalue weighted by atomic mass is 32.2. The number of methoxy groups -OCH3 is 2. The molecule has 0 aliphatic heterocycles. The van der Waals surface area contributed by atoms with Gasteiger partial charge in [0.25, 0.3) is 10.0 Å². The molecule has 0 fully saturated rings. The molecule has 2 amide bonds. The number of anilines is 1. The molecule has 1 unspecified atom stereocenters. The summed E-state index contributed by atoms with van der Waals surface area (Å²) < 4.78 is 40.4. The molecule has 9 nitrogen and oxygen atoms in total. The zero-order valence-electron chi connectivity index (χ0n) is 26.8. The van der Waals surface area contributed by atoms with Gasteiger partial charge in [-0.05, 0) is 56.2 Å². The number of carbonyl (C=O) groups excluding carboxylic acids is 2. The first-order valence-electron chi connectivity index (χ1n) is 15.0. The molecular weight excluding hydrogens is 602 g/mol. The van der Waals surface area contributed by atoms with Crippen LogP contribution in [0.1, 0.15) is 30.5 Å². The predicted octanol–water partition coefficient (Wildman–Crippen LogP) is 5.37. The minimum Gasteiger partial charge on any atom is -0.493 e. The second-order valence-corrected chi connectivity index (χ2v) is 13.1. The van der Waals surface area contributed by atoms with Gasteiger partial charge in [-0.25, -0.2) is 8.42 Å². The number of nitrogens with one attached hydrogen (secondary N) is 1. The molecule has 0 bridgehead atoms. The lowest BCUT2D eigenvalue weighted by Crippen LogP contribution is -2.54. The molecule has 4 aromatic rings.